The molecule has 4 nitrogen and oxygen atoms in total. The lowest BCUT2D eigenvalue weighted by Gasteiger charge is -2.15. The van der Waals surface area contributed by atoms with Gasteiger partial charge in [0.2, 0.25) is 0 Å². The van der Waals surface area contributed by atoms with E-state index < -0.39 is 0 Å². The van der Waals surface area contributed by atoms with Crippen LogP contribution in [-0.4, -0.2) is 15.0 Å². The summed E-state index contributed by atoms with van der Waals surface area (Å²) in [5, 5.41) is 6.95. The Morgan fingerprint density at radius 2 is 2.21 bits per heavy atom. The summed E-state index contributed by atoms with van der Waals surface area (Å²) >= 11 is 7.83. The molecule has 19 heavy (non-hydrogen) atoms. The standard InChI is InChI=1S/C13H15ClN4S/c1-7-10(14)17-12(9-3-4-9)18-11(7)16-8(2)13-15-5-6-19-13/h5-6,8-9H,3-4H2,1-2H3,(H,16,17,18). The summed E-state index contributed by atoms with van der Waals surface area (Å²) in [6.07, 6.45) is 4.15. The van der Waals surface area contributed by atoms with Crippen molar-refractivity contribution in [1.29, 1.82) is 0 Å². The van der Waals surface area contributed by atoms with Crippen LogP contribution in [-0.2, 0) is 0 Å². The molecule has 1 saturated carbocycles. The van der Waals surface area contributed by atoms with E-state index in [1.165, 1.54) is 12.8 Å². The molecule has 0 aliphatic heterocycles. The van der Waals surface area contributed by atoms with Crippen molar-refractivity contribution in [2.45, 2.75) is 38.6 Å². The predicted octanol–water partition coefficient (Wildman–Crippen LogP) is 3.95. The molecule has 2 aromatic heterocycles. The van der Waals surface area contributed by atoms with Gasteiger partial charge < -0.3 is 5.32 Å². The average Bonchev–Trinajstić information content (AvgIpc) is 3.09. The number of nitrogens with one attached hydrogen (secondary N) is 1. The molecule has 6 heteroatoms. The van der Waals surface area contributed by atoms with E-state index in [0.717, 1.165) is 22.2 Å². The van der Waals surface area contributed by atoms with Crippen molar-refractivity contribution >= 4 is 28.8 Å². The van der Waals surface area contributed by atoms with E-state index in [2.05, 4.69) is 27.2 Å². The third kappa shape index (κ3) is 2.72. The Bertz CT molecular complexity index is 581. The monoisotopic (exact) mass is 294 g/mol. The number of aromatic nitrogens is 3. The van der Waals surface area contributed by atoms with Crippen LogP contribution in [0.15, 0.2) is 11.6 Å². The molecule has 1 unspecified atom stereocenters. The molecule has 1 N–H and O–H groups in total. The van der Waals surface area contributed by atoms with Gasteiger partial charge >= 0.3 is 0 Å². The molecule has 0 bridgehead atoms. The van der Waals surface area contributed by atoms with Gasteiger partial charge in [-0.2, -0.15) is 0 Å². The number of rotatable bonds is 4. The first kappa shape index (κ1) is 12.8. The maximum atomic E-state index is 6.20. The zero-order valence-corrected chi connectivity index (χ0v) is 12.4. The van der Waals surface area contributed by atoms with Gasteiger partial charge in [-0.05, 0) is 26.7 Å². The summed E-state index contributed by atoms with van der Waals surface area (Å²) in [6, 6.07) is 0.122. The van der Waals surface area contributed by atoms with Gasteiger partial charge in [0.25, 0.3) is 0 Å². The molecule has 0 spiro atoms. The lowest BCUT2D eigenvalue weighted by atomic mass is 10.3. The minimum Gasteiger partial charge on any atom is -0.361 e. The second-order valence-corrected chi connectivity index (χ2v) is 6.14. The highest BCUT2D eigenvalue weighted by molar-refractivity contribution is 7.09. The first-order chi connectivity index (χ1) is 9.15. The second-order valence-electron chi connectivity index (χ2n) is 4.86. The Balaban J connectivity index is 1.87. The normalized spacial score (nSPS) is 16.4. The molecule has 0 aromatic carbocycles. The third-order valence-corrected chi connectivity index (χ3v) is 4.55. The highest BCUT2D eigenvalue weighted by atomic mass is 35.5. The van der Waals surface area contributed by atoms with Gasteiger partial charge in [0.15, 0.2) is 0 Å². The summed E-state index contributed by atoms with van der Waals surface area (Å²) in [6.45, 7) is 4.01. The van der Waals surface area contributed by atoms with Gasteiger partial charge in [-0.3, -0.25) is 0 Å². The van der Waals surface area contributed by atoms with Crippen LogP contribution in [0.1, 0.15) is 48.1 Å². The zero-order valence-electron chi connectivity index (χ0n) is 10.9. The van der Waals surface area contributed by atoms with E-state index >= 15 is 0 Å². The van der Waals surface area contributed by atoms with Crippen molar-refractivity contribution < 1.29 is 0 Å². The smallest absolute Gasteiger partial charge is 0.137 e. The number of anilines is 1. The lowest BCUT2D eigenvalue weighted by Crippen LogP contribution is -2.11. The largest absolute Gasteiger partial charge is 0.361 e. The van der Waals surface area contributed by atoms with Crippen molar-refractivity contribution in [2.24, 2.45) is 0 Å². The van der Waals surface area contributed by atoms with Crippen molar-refractivity contribution in [2.75, 3.05) is 5.32 Å². The maximum absolute atomic E-state index is 6.20. The molecule has 2 aromatic rings. The van der Waals surface area contributed by atoms with Crippen molar-refractivity contribution in [3.8, 4) is 0 Å². The first-order valence-corrected chi connectivity index (χ1v) is 7.61. The van der Waals surface area contributed by atoms with Crippen LogP contribution >= 0.6 is 22.9 Å². The molecule has 1 aliphatic rings. The number of halogens is 1. The fourth-order valence-electron chi connectivity index (χ4n) is 1.89. The lowest BCUT2D eigenvalue weighted by molar-refractivity contribution is 0.839. The van der Waals surface area contributed by atoms with Crippen LogP contribution in [0.4, 0.5) is 5.82 Å². The minimum atomic E-state index is 0.122. The summed E-state index contributed by atoms with van der Waals surface area (Å²) in [7, 11) is 0. The van der Waals surface area contributed by atoms with Crippen LogP contribution in [0.2, 0.25) is 5.15 Å². The third-order valence-electron chi connectivity index (χ3n) is 3.22. The highest BCUT2D eigenvalue weighted by Gasteiger charge is 2.28. The second kappa shape index (κ2) is 5.06. The van der Waals surface area contributed by atoms with E-state index in [-0.39, 0.29) is 6.04 Å². The van der Waals surface area contributed by atoms with Crippen LogP contribution in [0.25, 0.3) is 0 Å². The minimum absolute atomic E-state index is 0.122. The topological polar surface area (TPSA) is 50.7 Å². The predicted molar refractivity (Wildman–Crippen MR) is 77.9 cm³/mol. The molecular formula is C13H15ClN4S. The Hall–Kier alpha value is -1.20. The highest BCUT2D eigenvalue weighted by Crippen LogP contribution is 2.39. The molecule has 0 radical (unpaired) electrons. The van der Waals surface area contributed by atoms with E-state index in [1.807, 2.05) is 18.5 Å². The van der Waals surface area contributed by atoms with E-state index in [9.17, 15) is 0 Å². The Morgan fingerprint density at radius 3 is 2.84 bits per heavy atom. The molecule has 1 aliphatic carbocycles. The zero-order chi connectivity index (χ0) is 13.4. The Kier molecular flexibility index (Phi) is 3.41. The van der Waals surface area contributed by atoms with Crippen LogP contribution < -0.4 is 5.32 Å². The number of nitrogens with zero attached hydrogens (tertiary/aromatic N) is 3. The fraction of sp³-hybridized carbons (Fsp3) is 0.462. The van der Waals surface area contributed by atoms with E-state index in [1.54, 1.807) is 11.3 Å². The summed E-state index contributed by atoms with van der Waals surface area (Å²) in [5.41, 5.74) is 0.898. The van der Waals surface area contributed by atoms with E-state index in [0.29, 0.717) is 11.1 Å². The molecule has 100 valence electrons. The van der Waals surface area contributed by atoms with E-state index in [4.69, 9.17) is 11.6 Å². The molecular weight excluding hydrogens is 280 g/mol. The average molecular weight is 295 g/mol. The summed E-state index contributed by atoms with van der Waals surface area (Å²) in [4.78, 5) is 13.3. The quantitative estimate of drug-likeness (QED) is 0.868. The number of hydrogen-bond acceptors (Lipinski definition) is 5. The maximum Gasteiger partial charge on any atom is 0.137 e. The van der Waals surface area contributed by atoms with Crippen LogP contribution in [0.5, 0.6) is 0 Å². The van der Waals surface area contributed by atoms with Crippen molar-refractivity contribution in [3.05, 3.63) is 33.1 Å². The van der Waals surface area contributed by atoms with Gasteiger partial charge in [0.1, 0.15) is 21.8 Å². The Morgan fingerprint density at radius 1 is 1.42 bits per heavy atom. The molecule has 0 saturated heterocycles. The molecule has 3 rings (SSSR count). The number of hydrogen-bond donors (Lipinski definition) is 1. The summed E-state index contributed by atoms with van der Waals surface area (Å²) < 4.78 is 0. The first-order valence-electron chi connectivity index (χ1n) is 6.35. The number of thiazole rings is 1. The molecule has 1 atom stereocenters. The van der Waals surface area contributed by atoms with Crippen LogP contribution in [0.3, 0.4) is 0 Å². The SMILES string of the molecule is Cc1c(Cl)nc(C2CC2)nc1NC(C)c1nccs1. The molecule has 0 amide bonds. The van der Waals surface area contributed by atoms with Gasteiger partial charge in [0.05, 0.1) is 6.04 Å². The van der Waals surface area contributed by atoms with Gasteiger partial charge in [-0.1, -0.05) is 11.6 Å². The fourth-order valence-corrected chi connectivity index (χ4v) is 2.71. The van der Waals surface area contributed by atoms with Gasteiger partial charge in [-0.15, -0.1) is 11.3 Å². The summed E-state index contributed by atoms with van der Waals surface area (Å²) in [5.74, 6) is 2.18. The van der Waals surface area contributed by atoms with Crippen molar-refractivity contribution in [3.63, 3.8) is 0 Å². The Labute approximate surface area is 121 Å². The molecule has 1 fully saturated rings. The van der Waals surface area contributed by atoms with Gasteiger partial charge in [-0.25, -0.2) is 15.0 Å². The van der Waals surface area contributed by atoms with Gasteiger partial charge in [0, 0.05) is 23.1 Å². The van der Waals surface area contributed by atoms with Crippen LogP contribution in [0, 0.1) is 6.92 Å². The van der Waals surface area contributed by atoms with Crippen molar-refractivity contribution in [1.82, 2.24) is 15.0 Å². The molecule has 2 heterocycles.